The van der Waals surface area contributed by atoms with Crippen molar-refractivity contribution in [3.05, 3.63) is 128 Å². The van der Waals surface area contributed by atoms with E-state index in [9.17, 15) is 0 Å². The average molecular weight is 645 g/mol. The lowest BCUT2D eigenvalue weighted by molar-refractivity contribution is 0.533. The summed E-state index contributed by atoms with van der Waals surface area (Å²) in [6.45, 7) is 9.10. The SMILES string of the molecule is Cc1cc(CCCCCCCCCCCCCCCCc2cc(C)c(Cc3ccc(N)cc3)c(C)c2)cc(C)c1Cc1ccc(N)cc1. The molecular weight excluding hydrogens is 581 g/mol. The Bertz CT molecular complexity index is 1350. The van der Waals surface area contributed by atoms with Gasteiger partial charge < -0.3 is 11.5 Å². The van der Waals surface area contributed by atoms with Crippen LogP contribution < -0.4 is 11.5 Å². The molecule has 2 heteroatoms. The van der Waals surface area contributed by atoms with Crippen LogP contribution in [-0.2, 0) is 25.7 Å². The highest BCUT2D eigenvalue weighted by Crippen LogP contribution is 2.24. The van der Waals surface area contributed by atoms with Gasteiger partial charge in [-0.3, -0.25) is 0 Å². The number of unbranched alkanes of at least 4 members (excludes halogenated alkanes) is 13. The normalized spacial score (nSPS) is 11.3. The second kappa shape index (κ2) is 20.1. The highest BCUT2D eigenvalue weighted by Gasteiger charge is 2.09. The summed E-state index contributed by atoms with van der Waals surface area (Å²) in [6, 6.07) is 26.3. The Morgan fingerprint density at radius 2 is 0.583 bits per heavy atom. The van der Waals surface area contributed by atoms with Gasteiger partial charge in [0.15, 0.2) is 0 Å². The van der Waals surface area contributed by atoms with Crippen LogP contribution in [0.1, 0.15) is 146 Å². The number of hydrogen-bond acceptors (Lipinski definition) is 2. The van der Waals surface area contributed by atoms with Gasteiger partial charge in [-0.25, -0.2) is 0 Å². The molecule has 0 fully saturated rings. The summed E-state index contributed by atoms with van der Waals surface area (Å²) in [4.78, 5) is 0. The molecule has 0 saturated heterocycles. The molecule has 2 nitrogen and oxygen atoms in total. The fourth-order valence-corrected chi connectivity index (χ4v) is 7.47. The maximum atomic E-state index is 5.86. The molecule has 0 saturated carbocycles. The molecule has 0 aliphatic rings. The number of anilines is 2. The Kier molecular flexibility index (Phi) is 15.6. The van der Waals surface area contributed by atoms with Crippen LogP contribution in [0, 0.1) is 27.7 Å². The van der Waals surface area contributed by atoms with E-state index < -0.39 is 0 Å². The average Bonchev–Trinajstić information content (AvgIpc) is 3.06. The second-order valence-corrected chi connectivity index (χ2v) is 14.7. The molecule has 0 unspecified atom stereocenters. The van der Waals surface area contributed by atoms with Gasteiger partial charge in [0.2, 0.25) is 0 Å². The molecule has 0 spiro atoms. The summed E-state index contributed by atoms with van der Waals surface area (Å²) < 4.78 is 0. The predicted molar refractivity (Wildman–Crippen MR) is 211 cm³/mol. The van der Waals surface area contributed by atoms with Crippen molar-refractivity contribution in [1.29, 1.82) is 0 Å². The number of rotatable bonds is 21. The van der Waals surface area contributed by atoms with E-state index in [-0.39, 0.29) is 0 Å². The Hall–Kier alpha value is -3.52. The monoisotopic (exact) mass is 645 g/mol. The first-order valence-electron chi connectivity index (χ1n) is 19.2. The topological polar surface area (TPSA) is 52.0 Å². The van der Waals surface area contributed by atoms with E-state index in [1.165, 1.54) is 158 Å². The first-order chi connectivity index (χ1) is 23.3. The zero-order chi connectivity index (χ0) is 34.1. The van der Waals surface area contributed by atoms with Gasteiger partial charge >= 0.3 is 0 Å². The van der Waals surface area contributed by atoms with E-state index in [1.54, 1.807) is 0 Å². The van der Waals surface area contributed by atoms with Crippen molar-refractivity contribution in [2.24, 2.45) is 0 Å². The molecular formula is C46H64N2. The lowest BCUT2D eigenvalue weighted by atomic mass is 9.92. The van der Waals surface area contributed by atoms with Crippen molar-refractivity contribution in [1.82, 2.24) is 0 Å². The predicted octanol–water partition coefficient (Wildman–Crippen LogP) is 12.5. The smallest absolute Gasteiger partial charge is 0.0314 e. The third-order valence-corrected chi connectivity index (χ3v) is 10.4. The van der Waals surface area contributed by atoms with Crippen LogP contribution in [-0.4, -0.2) is 0 Å². The quantitative estimate of drug-likeness (QED) is 0.0700. The van der Waals surface area contributed by atoms with Crippen molar-refractivity contribution in [3.63, 3.8) is 0 Å². The third kappa shape index (κ3) is 12.8. The van der Waals surface area contributed by atoms with Crippen LogP contribution in [0.5, 0.6) is 0 Å². The zero-order valence-electron chi connectivity index (χ0n) is 30.8. The number of hydrogen-bond donors (Lipinski definition) is 2. The lowest BCUT2D eigenvalue weighted by Crippen LogP contribution is -1.99. The Morgan fingerprint density at radius 3 is 0.854 bits per heavy atom. The number of benzene rings is 4. The minimum Gasteiger partial charge on any atom is -0.399 e. The van der Waals surface area contributed by atoms with Gasteiger partial charge in [-0.05, 0) is 146 Å². The molecule has 4 N–H and O–H groups in total. The molecule has 48 heavy (non-hydrogen) atoms. The van der Waals surface area contributed by atoms with Gasteiger partial charge in [-0.1, -0.05) is 126 Å². The van der Waals surface area contributed by atoms with Crippen molar-refractivity contribution in [2.75, 3.05) is 11.5 Å². The van der Waals surface area contributed by atoms with Gasteiger partial charge in [0.1, 0.15) is 0 Å². The van der Waals surface area contributed by atoms with Crippen molar-refractivity contribution in [2.45, 2.75) is 143 Å². The Morgan fingerprint density at radius 1 is 0.333 bits per heavy atom. The summed E-state index contributed by atoms with van der Waals surface area (Å²) in [6.07, 6.45) is 23.9. The molecule has 0 aliphatic carbocycles. The maximum Gasteiger partial charge on any atom is 0.0314 e. The number of nitrogens with two attached hydrogens (primary N) is 2. The lowest BCUT2D eigenvalue weighted by Gasteiger charge is -2.13. The van der Waals surface area contributed by atoms with Crippen molar-refractivity contribution < 1.29 is 0 Å². The molecule has 0 aliphatic heterocycles. The molecule has 4 aromatic carbocycles. The molecule has 4 aromatic rings. The molecule has 0 aromatic heterocycles. The Labute approximate surface area is 293 Å². The second-order valence-electron chi connectivity index (χ2n) is 14.7. The van der Waals surface area contributed by atoms with Crippen LogP contribution >= 0.6 is 0 Å². The van der Waals surface area contributed by atoms with E-state index in [0.29, 0.717) is 0 Å². The first-order valence-corrected chi connectivity index (χ1v) is 19.2. The van der Waals surface area contributed by atoms with Gasteiger partial charge in [-0.15, -0.1) is 0 Å². The van der Waals surface area contributed by atoms with Crippen LogP contribution in [0.2, 0.25) is 0 Å². The summed E-state index contributed by atoms with van der Waals surface area (Å²) >= 11 is 0. The number of aryl methyl sites for hydroxylation is 6. The Balaban J connectivity index is 0.962. The van der Waals surface area contributed by atoms with Crippen molar-refractivity contribution >= 4 is 11.4 Å². The molecule has 0 atom stereocenters. The van der Waals surface area contributed by atoms with E-state index in [1.807, 2.05) is 24.3 Å². The van der Waals surface area contributed by atoms with E-state index in [2.05, 4.69) is 76.2 Å². The van der Waals surface area contributed by atoms with Crippen LogP contribution in [0.3, 0.4) is 0 Å². The van der Waals surface area contributed by atoms with Gasteiger partial charge in [-0.2, -0.15) is 0 Å². The minimum absolute atomic E-state index is 0.835. The summed E-state index contributed by atoms with van der Waals surface area (Å²) in [5.74, 6) is 0. The molecule has 0 radical (unpaired) electrons. The van der Waals surface area contributed by atoms with Gasteiger partial charge in [0.05, 0.1) is 0 Å². The minimum atomic E-state index is 0.835. The third-order valence-electron chi connectivity index (χ3n) is 10.4. The van der Waals surface area contributed by atoms with Crippen LogP contribution in [0.25, 0.3) is 0 Å². The van der Waals surface area contributed by atoms with Crippen molar-refractivity contribution in [3.8, 4) is 0 Å². The highest BCUT2D eigenvalue weighted by molar-refractivity contribution is 5.46. The summed E-state index contributed by atoms with van der Waals surface area (Å²) in [7, 11) is 0. The molecule has 0 heterocycles. The fraction of sp³-hybridized carbons (Fsp3) is 0.478. The molecule has 0 bridgehead atoms. The maximum absolute atomic E-state index is 5.86. The van der Waals surface area contributed by atoms with Crippen LogP contribution in [0.4, 0.5) is 11.4 Å². The first kappa shape index (κ1) is 37.3. The summed E-state index contributed by atoms with van der Waals surface area (Å²) in [5.41, 5.74) is 27.7. The molecule has 258 valence electrons. The molecule has 0 amide bonds. The van der Waals surface area contributed by atoms with E-state index in [4.69, 9.17) is 11.5 Å². The van der Waals surface area contributed by atoms with Gasteiger partial charge in [0.25, 0.3) is 0 Å². The van der Waals surface area contributed by atoms with E-state index >= 15 is 0 Å². The molecule has 4 rings (SSSR count). The van der Waals surface area contributed by atoms with E-state index in [0.717, 1.165) is 24.2 Å². The van der Waals surface area contributed by atoms with Gasteiger partial charge in [0, 0.05) is 11.4 Å². The largest absolute Gasteiger partial charge is 0.399 e. The fourth-order valence-electron chi connectivity index (χ4n) is 7.47. The summed E-state index contributed by atoms with van der Waals surface area (Å²) in [5, 5.41) is 0. The standard InChI is InChI=1S/C46H64N2/c1-35-29-41(30-36(2)45(35)33-39-21-25-43(47)26-22-39)19-17-15-13-11-9-7-5-6-8-10-12-14-16-18-20-42-31-37(3)46(38(4)32-42)34-40-23-27-44(48)28-24-40/h21-32H,5-20,33-34,47-48H2,1-4H3. The highest BCUT2D eigenvalue weighted by atomic mass is 14.5. The van der Waals surface area contributed by atoms with Crippen LogP contribution in [0.15, 0.2) is 72.8 Å². The number of nitrogen functional groups attached to an aromatic ring is 2. The zero-order valence-corrected chi connectivity index (χ0v) is 30.8.